The number of benzene rings is 2. The quantitative estimate of drug-likeness (QED) is 0.623. The van der Waals surface area contributed by atoms with Crippen LogP contribution in [0.15, 0.2) is 59.7 Å². The highest BCUT2D eigenvalue weighted by atomic mass is 35.5. The molecule has 0 N–H and O–H groups in total. The molecule has 0 aromatic heterocycles. The van der Waals surface area contributed by atoms with E-state index in [0.29, 0.717) is 23.1 Å². The van der Waals surface area contributed by atoms with E-state index in [1.165, 1.54) is 0 Å². The summed E-state index contributed by atoms with van der Waals surface area (Å²) in [6.07, 6.45) is 4.99. The zero-order valence-electron chi connectivity index (χ0n) is 14.7. The van der Waals surface area contributed by atoms with Crippen molar-refractivity contribution in [3.05, 3.63) is 80.8 Å². The number of rotatable bonds is 4. The van der Waals surface area contributed by atoms with Gasteiger partial charge in [0.05, 0.1) is 0 Å². The summed E-state index contributed by atoms with van der Waals surface area (Å²) in [5.41, 5.74) is 3.60. The first-order chi connectivity index (χ1) is 12.5. The molecule has 0 bridgehead atoms. The van der Waals surface area contributed by atoms with E-state index in [4.69, 9.17) is 23.2 Å². The van der Waals surface area contributed by atoms with Gasteiger partial charge in [-0.1, -0.05) is 54.4 Å². The highest BCUT2D eigenvalue weighted by Crippen LogP contribution is 2.23. The van der Waals surface area contributed by atoms with Crippen molar-refractivity contribution >= 4 is 41.1 Å². The van der Waals surface area contributed by atoms with E-state index in [9.17, 15) is 4.79 Å². The molecule has 0 amide bonds. The number of likely N-dealkylation sites (tertiary alicyclic amines) is 1. The van der Waals surface area contributed by atoms with Crippen LogP contribution < -0.4 is 0 Å². The lowest BCUT2D eigenvalue weighted by Crippen LogP contribution is -2.38. The van der Waals surface area contributed by atoms with Crippen LogP contribution in [0.1, 0.15) is 24.5 Å². The number of hydrogen-bond acceptors (Lipinski definition) is 2. The molecule has 0 aliphatic carbocycles. The monoisotopic (exact) mass is 385 g/mol. The van der Waals surface area contributed by atoms with E-state index < -0.39 is 0 Å². The zero-order chi connectivity index (χ0) is 18.5. The predicted molar refractivity (Wildman–Crippen MR) is 111 cm³/mol. The van der Waals surface area contributed by atoms with Crippen LogP contribution >= 0.6 is 23.2 Å². The zero-order valence-corrected chi connectivity index (χ0v) is 16.2. The van der Waals surface area contributed by atoms with Crippen LogP contribution in [0.4, 0.5) is 0 Å². The summed E-state index contributed by atoms with van der Waals surface area (Å²) in [5.74, 6) is 0.113. The van der Waals surface area contributed by atoms with E-state index >= 15 is 0 Å². The Morgan fingerprint density at radius 2 is 1.27 bits per heavy atom. The molecule has 26 heavy (non-hydrogen) atoms. The number of carbonyl (C=O) groups is 1. The molecular weight excluding hydrogens is 365 g/mol. The van der Waals surface area contributed by atoms with Gasteiger partial charge in [0.25, 0.3) is 0 Å². The molecule has 0 unspecified atom stereocenters. The molecular formula is C22H21Cl2NO. The third kappa shape index (κ3) is 4.85. The predicted octanol–water partition coefficient (Wildman–Crippen LogP) is 5.76. The number of Topliss-reactive ketones (excluding diaryl/α,β-unsaturated/α-hetero) is 1. The summed E-state index contributed by atoms with van der Waals surface area (Å²) in [6.45, 7) is 4.46. The Bertz CT molecular complexity index is 768. The summed E-state index contributed by atoms with van der Waals surface area (Å²) in [5, 5.41) is 1.39. The standard InChI is InChI=1S/C22H21Cl2NO/c1-2-11-25-14-18(12-16-3-7-20(23)8-4-16)22(26)19(15-25)13-17-5-9-21(24)10-6-17/h3-10,12-13H,2,11,14-15H2,1H3. The number of halogens is 2. The molecule has 134 valence electrons. The van der Waals surface area contributed by atoms with Crippen molar-refractivity contribution in [2.24, 2.45) is 0 Å². The van der Waals surface area contributed by atoms with Crippen molar-refractivity contribution in [2.45, 2.75) is 13.3 Å². The lowest BCUT2D eigenvalue weighted by Gasteiger charge is -2.29. The molecule has 1 aliphatic heterocycles. The maximum atomic E-state index is 13.0. The SMILES string of the molecule is CCCN1CC(=Cc2ccc(Cl)cc2)C(=O)C(=Cc2ccc(Cl)cc2)C1. The average Bonchev–Trinajstić information content (AvgIpc) is 2.63. The maximum Gasteiger partial charge on any atom is 0.187 e. The summed E-state index contributed by atoms with van der Waals surface area (Å²) in [7, 11) is 0. The smallest absolute Gasteiger partial charge is 0.187 e. The molecule has 3 rings (SSSR count). The normalized spacial score (nSPS) is 18.7. The van der Waals surface area contributed by atoms with Crippen LogP contribution in [-0.4, -0.2) is 30.3 Å². The molecule has 4 heteroatoms. The molecule has 0 atom stereocenters. The van der Waals surface area contributed by atoms with E-state index in [1.54, 1.807) is 0 Å². The van der Waals surface area contributed by atoms with E-state index in [0.717, 1.165) is 35.2 Å². The van der Waals surface area contributed by atoms with Gasteiger partial charge in [0, 0.05) is 34.3 Å². The first-order valence-electron chi connectivity index (χ1n) is 8.74. The molecule has 1 heterocycles. The third-order valence-corrected chi connectivity index (χ3v) is 4.84. The Kier molecular flexibility index (Phi) is 6.31. The second-order valence-corrected chi connectivity index (χ2v) is 7.35. The minimum Gasteiger partial charge on any atom is -0.295 e. The van der Waals surface area contributed by atoms with Gasteiger partial charge in [-0.15, -0.1) is 0 Å². The fraction of sp³-hybridized carbons (Fsp3) is 0.227. The largest absolute Gasteiger partial charge is 0.295 e. The minimum atomic E-state index is 0.113. The van der Waals surface area contributed by atoms with Crippen LogP contribution in [0.25, 0.3) is 12.2 Å². The van der Waals surface area contributed by atoms with Crippen LogP contribution in [-0.2, 0) is 4.79 Å². The maximum absolute atomic E-state index is 13.0. The van der Waals surface area contributed by atoms with Crippen molar-refractivity contribution in [2.75, 3.05) is 19.6 Å². The van der Waals surface area contributed by atoms with E-state index in [2.05, 4.69) is 11.8 Å². The van der Waals surface area contributed by atoms with Gasteiger partial charge in [-0.2, -0.15) is 0 Å². The molecule has 1 saturated heterocycles. The second-order valence-electron chi connectivity index (χ2n) is 6.48. The third-order valence-electron chi connectivity index (χ3n) is 4.33. The molecule has 0 spiro atoms. The van der Waals surface area contributed by atoms with Crippen molar-refractivity contribution in [3.8, 4) is 0 Å². The summed E-state index contributed by atoms with van der Waals surface area (Å²) in [4.78, 5) is 15.3. The molecule has 2 aromatic rings. The van der Waals surface area contributed by atoms with Crippen LogP contribution in [0.5, 0.6) is 0 Å². The van der Waals surface area contributed by atoms with Gasteiger partial charge in [0.15, 0.2) is 5.78 Å². The Hall–Kier alpha value is -1.87. The minimum absolute atomic E-state index is 0.113. The van der Waals surface area contributed by atoms with Crippen LogP contribution in [0, 0.1) is 0 Å². The second kappa shape index (κ2) is 8.68. The van der Waals surface area contributed by atoms with Gasteiger partial charge >= 0.3 is 0 Å². The van der Waals surface area contributed by atoms with E-state index in [-0.39, 0.29) is 5.78 Å². The van der Waals surface area contributed by atoms with Crippen molar-refractivity contribution in [1.82, 2.24) is 4.90 Å². The topological polar surface area (TPSA) is 20.3 Å². The fourth-order valence-corrected chi connectivity index (χ4v) is 3.36. The number of ketones is 1. The Morgan fingerprint density at radius 3 is 1.65 bits per heavy atom. The van der Waals surface area contributed by atoms with Crippen LogP contribution in [0.3, 0.4) is 0 Å². The number of carbonyl (C=O) groups excluding carboxylic acids is 1. The van der Waals surface area contributed by atoms with Gasteiger partial charge in [0.1, 0.15) is 0 Å². The Morgan fingerprint density at radius 1 is 0.846 bits per heavy atom. The van der Waals surface area contributed by atoms with E-state index in [1.807, 2.05) is 60.7 Å². The number of hydrogen-bond donors (Lipinski definition) is 0. The summed E-state index contributed by atoms with van der Waals surface area (Å²) in [6, 6.07) is 15.1. The molecule has 2 aromatic carbocycles. The van der Waals surface area contributed by atoms with Crippen molar-refractivity contribution in [3.63, 3.8) is 0 Å². The lowest BCUT2D eigenvalue weighted by atomic mass is 9.94. The van der Waals surface area contributed by atoms with Crippen molar-refractivity contribution in [1.29, 1.82) is 0 Å². The molecule has 2 nitrogen and oxygen atoms in total. The van der Waals surface area contributed by atoms with Gasteiger partial charge in [-0.05, 0) is 60.5 Å². The summed E-state index contributed by atoms with van der Waals surface area (Å²) < 4.78 is 0. The van der Waals surface area contributed by atoms with Crippen molar-refractivity contribution < 1.29 is 4.79 Å². The first kappa shape index (κ1) is 18.9. The molecule has 0 saturated carbocycles. The Balaban J connectivity index is 1.93. The number of piperidine rings is 1. The van der Waals surface area contributed by atoms with Gasteiger partial charge in [-0.25, -0.2) is 0 Å². The molecule has 0 radical (unpaired) electrons. The fourth-order valence-electron chi connectivity index (χ4n) is 3.10. The van der Waals surface area contributed by atoms with Crippen LogP contribution in [0.2, 0.25) is 10.0 Å². The highest BCUT2D eigenvalue weighted by Gasteiger charge is 2.25. The molecule has 1 fully saturated rings. The lowest BCUT2D eigenvalue weighted by molar-refractivity contribution is -0.113. The average molecular weight is 386 g/mol. The number of nitrogens with zero attached hydrogens (tertiary/aromatic N) is 1. The highest BCUT2D eigenvalue weighted by molar-refractivity contribution is 6.30. The summed E-state index contributed by atoms with van der Waals surface area (Å²) >= 11 is 11.9. The van der Waals surface area contributed by atoms with Gasteiger partial charge < -0.3 is 0 Å². The van der Waals surface area contributed by atoms with Gasteiger partial charge in [-0.3, -0.25) is 9.69 Å². The van der Waals surface area contributed by atoms with Gasteiger partial charge in [0.2, 0.25) is 0 Å². The molecule has 1 aliphatic rings. The Labute approximate surface area is 164 Å². The first-order valence-corrected chi connectivity index (χ1v) is 9.50.